The first kappa shape index (κ1) is 128. The van der Waals surface area contributed by atoms with Crippen molar-refractivity contribution in [3.8, 4) is 0 Å². The second-order valence-corrected chi connectivity index (χ2v) is 39.9. The number of hydrogen-bond donors (Lipinski definition) is 28. The number of carbonyl (C=O) groups is 6. The van der Waals surface area contributed by atoms with E-state index in [-0.39, 0.29) is 12.3 Å². The average Bonchev–Trinajstić information content (AvgIpc) is 0.780. The van der Waals surface area contributed by atoms with Crippen LogP contribution in [-0.4, -0.2) is 449 Å². The van der Waals surface area contributed by atoms with E-state index in [1.807, 2.05) is 6.08 Å². The molecule has 7 aliphatic heterocycles. The average molecular weight is 2110 g/mol. The Morgan fingerprint density at radius 3 is 1.12 bits per heavy atom. The molecule has 146 heavy (non-hydrogen) atoms. The molecule has 7 heterocycles. The zero-order valence-corrected chi connectivity index (χ0v) is 84.9. The number of rotatable bonds is 70. The van der Waals surface area contributed by atoms with Gasteiger partial charge in [0.2, 0.25) is 23.6 Å². The fourth-order valence-electron chi connectivity index (χ4n) is 19.7. The minimum absolute atomic E-state index is 0.140. The molecule has 28 N–H and O–H groups in total. The van der Waals surface area contributed by atoms with Crippen LogP contribution in [0.2, 0.25) is 0 Å². The highest BCUT2D eigenvalue weighted by Gasteiger charge is 2.64. The molecule has 0 aromatic heterocycles. The summed E-state index contributed by atoms with van der Waals surface area (Å²) in [5.74, 6) is -14.5. The van der Waals surface area contributed by atoms with E-state index in [9.17, 15) is 151 Å². The zero-order chi connectivity index (χ0) is 107. The summed E-state index contributed by atoms with van der Waals surface area (Å²) in [7, 11) is 0. The number of hydrogen-bond acceptors (Lipinski definition) is 42. The molecule has 0 radical (unpaired) electrons. The molecule has 7 fully saturated rings. The third kappa shape index (κ3) is 38.3. The Morgan fingerprint density at radius 1 is 0.370 bits per heavy atom. The van der Waals surface area contributed by atoms with Crippen LogP contribution in [0.1, 0.15) is 279 Å². The predicted molar refractivity (Wildman–Crippen MR) is 509 cm³/mol. The summed E-state index contributed by atoms with van der Waals surface area (Å²) in [5, 5.41) is 282. The molecular weight excluding hydrogens is 1940 g/mol. The lowest BCUT2D eigenvalue weighted by Crippen LogP contribution is -2.72. The SMILES string of the molecule is CCCCCCCCCCCCC/C=C/[C@@H](O)[C@H](CO[C@@H]1OC(CO)[C@@H](O[C@@H]2OC(CO)[C@H](O[C@@H]3OC(CO)[C@H](O)[C@H](O[C@@H]4OC(CO)[C@H](O)[C@H](O[C@@H]5OC(CO[C@]6(C(=O)O)CC(O)[C@@H](NC(C)=O)C([C@H](O)[C@H](O)CO)O6)[C@H](O)[C@H](O[C@]6(C(=O)O)CC(O)[C@@H](NC(C)=O)C([C@H](O)[C@H](O)CO)O6)C5O)C4NC(C)=O)C3O)[C@H](O)C2O)[C@H](O)C1O)NC(=O)CCCCCCCCCCCCCCCCCCCCCCCCC. The first-order valence-corrected chi connectivity index (χ1v) is 52.7. The van der Waals surface area contributed by atoms with Gasteiger partial charge in [-0.15, -0.1) is 0 Å². The molecule has 850 valence electrons. The number of aliphatic hydroxyl groups excluding tert-OH is 22. The van der Waals surface area contributed by atoms with Gasteiger partial charge in [-0.05, 0) is 19.3 Å². The summed E-state index contributed by atoms with van der Waals surface area (Å²) in [6, 6.07) is -6.92. The molecule has 0 bridgehead atoms. The van der Waals surface area contributed by atoms with E-state index >= 15 is 0 Å². The molecule has 7 saturated heterocycles. The largest absolute Gasteiger partial charge is 0.477 e. The molecule has 0 spiro atoms. The molecule has 14 unspecified atom stereocenters. The van der Waals surface area contributed by atoms with Gasteiger partial charge in [-0.25, -0.2) is 9.59 Å². The van der Waals surface area contributed by atoms with Crippen molar-refractivity contribution in [2.45, 2.75) is 517 Å². The molecule has 0 aromatic rings. The Labute approximate surface area is 852 Å². The van der Waals surface area contributed by atoms with Gasteiger partial charge < -0.3 is 210 Å². The highest BCUT2D eigenvalue weighted by atomic mass is 16.8. The van der Waals surface area contributed by atoms with Gasteiger partial charge in [-0.1, -0.05) is 231 Å². The number of ether oxygens (including phenoxy) is 14. The number of unbranched alkanes of at least 4 members (excludes halogenated alkanes) is 33. The Bertz CT molecular complexity index is 3690. The normalized spacial score (nSPS) is 35.3. The number of aliphatic carboxylic acids is 2. The third-order valence-corrected chi connectivity index (χ3v) is 28.2. The van der Waals surface area contributed by atoms with Gasteiger partial charge in [0.15, 0.2) is 31.5 Å². The molecule has 48 nitrogen and oxygen atoms in total. The second-order valence-electron chi connectivity index (χ2n) is 39.9. The summed E-state index contributed by atoms with van der Waals surface area (Å²) >= 11 is 0. The number of carboxylic acids is 2. The fraction of sp³-hybridized carbons (Fsp3) is 0.918. The van der Waals surface area contributed by atoms with Crippen molar-refractivity contribution in [2.75, 3.05) is 52.9 Å². The number of amides is 4. The van der Waals surface area contributed by atoms with Gasteiger partial charge in [0, 0.05) is 40.0 Å². The predicted octanol–water partition coefficient (Wildman–Crippen LogP) is -2.92. The van der Waals surface area contributed by atoms with Crippen LogP contribution in [0.3, 0.4) is 0 Å². The molecule has 0 saturated carbocycles. The first-order chi connectivity index (χ1) is 69.8. The van der Waals surface area contributed by atoms with Crippen molar-refractivity contribution in [1.82, 2.24) is 21.3 Å². The van der Waals surface area contributed by atoms with Crippen LogP contribution in [0, 0.1) is 0 Å². The maximum absolute atomic E-state index is 13.7. The van der Waals surface area contributed by atoms with Gasteiger partial charge in [0.25, 0.3) is 11.6 Å². The Kier molecular flexibility index (Phi) is 58.2. The van der Waals surface area contributed by atoms with Crippen LogP contribution < -0.4 is 21.3 Å². The van der Waals surface area contributed by atoms with Gasteiger partial charge in [0.05, 0.1) is 89.3 Å². The zero-order valence-electron chi connectivity index (χ0n) is 84.9. The Balaban J connectivity index is 1.04. The number of carboxylic acid groups (broad SMARTS) is 2. The fourth-order valence-corrected chi connectivity index (χ4v) is 19.7. The van der Waals surface area contributed by atoms with Crippen molar-refractivity contribution in [2.24, 2.45) is 0 Å². The minimum Gasteiger partial charge on any atom is -0.477 e. The van der Waals surface area contributed by atoms with E-state index < -0.39 is 333 Å². The molecule has 39 atom stereocenters. The van der Waals surface area contributed by atoms with Crippen LogP contribution in [-0.2, 0) is 95.1 Å². The van der Waals surface area contributed by atoms with Gasteiger partial charge >= 0.3 is 11.9 Å². The van der Waals surface area contributed by atoms with E-state index in [2.05, 4.69) is 35.1 Å². The Morgan fingerprint density at radius 2 is 0.705 bits per heavy atom. The second kappa shape index (κ2) is 66.4. The van der Waals surface area contributed by atoms with Crippen molar-refractivity contribution < 1.29 is 218 Å². The standard InChI is InChI=1S/C98H174N4O44/c1-6-8-10-12-14-16-18-20-21-22-23-24-25-26-27-28-29-31-33-35-37-39-41-43-68(117)102-57(58(112)42-40-38-36-34-32-30-19-17-15-13-11-9-7-2)52-133-91-79(125)77(123)83(65(50-107)137-91)140-92-80(126)78(124)84(66(51-108)138-92)141-93-81(127)88(75(121)64(49-106)136-93)143-90-71(101-56(5)111)85(74(120)63(48-105)135-90)142-94-82(128)89(146-98(96(131)132)45-60(114)70(100-55(4)110)87(145-98)73(119)62(116)47-104)76(122)67(139-94)53-134-97(95(129)130)44-59(113)69(99-54(3)109)86(144-97)72(118)61(115)46-103/h40,42,57-67,69-94,103-108,112-116,118-128H,6-39,41,43-53H2,1-5H3,(H,99,109)(H,100,110)(H,101,111)(H,102,117)(H,129,130)(H,131,132)/b42-40+/t57-,58+,59?,60?,61+,62+,63?,64?,65?,66?,67?,69+,70+,71?,72+,73+,74-,75-,76-,77+,78+,79?,80?,81?,82?,83+,84-,85+,86?,87?,88-,89-,90-,91+,92-,93-,94-,97+,98-/m0/s1. The van der Waals surface area contributed by atoms with Crippen molar-refractivity contribution in [3.63, 3.8) is 0 Å². The van der Waals surface area contributed by atoms with E-state index in [4.69, 9.17) is 66.3 Å². The molecule has 7 aliphatic rings. The highest BCUT2D eigenvalue weighted by Crippen LogP contribution is 2.43. The number of aliphatic hydroxyl groups is 22. The van der Waals surface area contributed by atoms with Crippen molar-refractivity contribution in [3.05, 3.63) is 12.2 Å². The third-order valence-electron chi connectivity index (χ3n) is 28.2. The summed E-state index contributed by atoms with van der Waals surface area (Å²) in [6.07, 6.45) is -30.8. The lowest BCUT2D eigenvalue weighted by molar-refractivity contribution is -0.395. The topological polar surface area (TPSA) is 765 Å². The number of nitrogens with one attached hydrogen (secondary N) is 4. The summed E-state index contributed by atoms with van der Waals surface area (Å²) in [5.41, 5.74) is 0. The molecule has 0 aromatic carbocycles. The molecule has 48 heteroatoms. The highest BCUT2D eigenvalue weighted by molar-refractivity contribution is 5.78. The summed E-state index contributed by atoms with van der Waals surface area (Å²) in [6.45, 7) is -1.88. The van der Waals surface area contributed by atoms with Crippen molar-refractivity contribution in [1.29, 1.82) is 0 Å². The lowest BCUT2D eigenvalue weighted by atomic mass is 9.88. The van der Waals surface area contributed by atoms with Crippen LogP contribution in [0.4, 0.5) is 0 Å². The smallest absolute Gasteiger partial charge is 0.364 e. The lowest BCUT2D eigenvalue weighted by Gasteiger charge is -2.52. The van der Waals surface area contributed by atoms with Crippen LogP contribution in [0.15, 0.2) is 12.2 Å². The number of carbonyl (C=O) groups excluding carboxylic acids is 4. The van der Waals surface area contributed by atoms with Crippen molar-refractivity contribution >= 4 is 35.6 Å². The maximum atomic E-state index is 13.7. The monoisotopic (exact) mass is 2110 g/mol. The van der Waals surface area contributed by atoms with E-state index in [1.165, 1.54) is 154 Å². The minimum atomic E-state index is -3.51. The molecule has 0 aliphatic carbocycles. The van der Waals surface area contributed by atoms with E-state index in [0.717, 1.165) is 78.6 Å². The van der Waals surface area contributed by atoms with E-state index in [0.29, 0.717) is 12.8 Å². The molecular formula is C98H174N4O44. The van der Waals surface area contributed by atoms with Crippen LogP contribution >= 0.6 is 0 Å². The van der Waals surface area contributed by atoms with Gasteiger partial charge in [0.1, 0.15) is 159 Å². The molecule has 7 rings (SSSR count). The number of allylic oxidation sites excluding steroid dienone is 1. The summed E-state index contributed by atoms with van der Waals surface area (Å²) in [4.78, 5) is 79.2. The van der Waals surface area contributed by atoms with E-state index in [1.54, 1.807) is 6.08 Å². The van der Waals surface area contributed by atoms with Gasteiger partial charge in [-0.3, -0.25) is 19.2 Å². The summed E-state index contributed by atoms with van der Waals surface area (Å²) < 4.78 is 83.2. The molecule has 4 amide bonds. The van der Waals surface area contributed by atoms with Crippen LogP contribution in [0.25, 0.3) is 0 Å². The van der Waals surface area contributed by atoms with Crippen LogP contribution in [0.5, 0.6) is 0 Å². The maximum Gasteiger partial charge on any atom is 0.364 e. The van der Waals surface area contributed by atoms with Gasteiger partial charge in [-0.2, -0.15) is 0 Å². The Hall–Kier alpha value is -4.88. The quantitative estimate of drug-likeness (QED) is 0.0214. The first-order valence-electron chi connectivity index (χ1n) is 52.7.